The molecular weight excluding hydrogens is 354 g/mol. The maximum Gasteiger partial charge on any atom is 0.175 e. The van der Waals surface area contributed by atoms with Gasteiger partial charge in [0.05, 0.1) is 27.4 Å². The minimum atomic E-state index is 0.487. The van der Waals surface area contributed by atoms with Crippen molar-refractivity contribution < 1.29 is 0 Å². The molecule has 1 N–H and O–H groups in total. The monoisotopic (exact) mass is 363 g/mol. The Balaban J connectivity index is 1.81. The highest BCUT2D eigenvalue weighted by Crippen LogP contribution is 2.30. The number of nitrogens with one attached hydrogen (secondary N) is 1. The molecule has 0 saturated carbocycles. The fourth-order valence-electron chi connectivity index (χ4n) is 1.90. The molecule has 0 aliphatic rings. The summed E-state index contributed by atoms with van der Waals surface area (Å²) in [5.74, 6) is 0.716. The van der Waals surface area contributed by atoms with Gasteiger partial charge in [0, 0.05) is 0 Å². The van der Waals surface area contributed by atoms with Crippen molar-refractivity contribution in [2.45, 2.75) is 6.54 Å². The first-order valence-electron chi connectivity index (χ1n) is 6.26. The van der Waals surface area contributed by atoms with Crippen molar-refractivity contribution in [2.24, 2.45) is 0 Å². The second-order valence-electron chi connectivity index (χ2n) is 4.30. The highest BCUT2D eigenvalue weighted by Gasteiger charge is 2.09. The van der Waals surface area contributed by atoms with Crippen LogP contribution in [0.1, 0.15) is 5.82 Å². The van der Waals surface area contributed by atoms with E-state index in [1.165, 1.54) is 0 Å². The topological polar surface area (TPSA) is 55.6 Å². The summed E-state index contributed by atoms with van der Waals surface area (Å²) in [4.78, 5) is 0. The maximum atomic E-state index is 6.07. The van der Waals surface area contributed by atoms with E-state index in [4.69, 9.17) is 11.6 Å². The lowest BCUT2D eigenvalue weighted by Gasteiger charge is -2.09. The van der Waals surface area contributed by atoms with Crippen LogP contribution in [0.15, 0.2) is 53.0 Å². The van der Waals surface area contributed by atoms with Crippen molar-refractivity contribution in [3.8, 4) is 5.69 Å². The van der Waals surface area contributed by atoms with Crippen molar-refractivity contribution in [1.82, 2.24) is 20.2 Å². The molecule has 106 valence electrons. The molecule has 0 aliphatic carbocycles. The molecule has 0 radical (unpaired) electrons. The maximum absolute atomic E-state index is 6.07. The summed E-state index contributed by atoms with van der Waals surface area (Å²) in [6, 6.07) is 15.4. The van der Waals surface area contributed by atoms with Crippen LogP contribution >= 0.6 is 27.5 Å². The highest BCUT2D eigenvalue weighted by atomic mass is 79.9. The molecule has 0 amide bonds. The molecule has 7 heteroatoms. The number of hydrogen-bond acceptors (Lipinski definition) is 4. The molecule has 0 aliphatic heterocycles. The fourth-order valence-corrected chi connectivity index (χ4v) is 2.48. The van der Waals surface area contributed by atoms with Crippen LogP contribution in [0.5, 0.6) is 0 Å². The van der Waals surface area contributed by atoms with Gasteiger partial charge in [0.15, 0.2) is 5.82 Å². The smallest absolute Gasteiger partial charge is 0.175 e. The van der Waals surface area contributed by atoms with Crippen molar-refractivity contribution in [1.29, 1.82) is 0 Å². The Bertz CT molecular complexity index is 744. The molecule has 3 aromatic rings. The third-order valence-corrected chi connectivity index (χ3v) is 4.32. The molecule has 3 rings (SSSR count). The first-order chi connectivity index (χ1) is 10.3. The lowest BCUT2D eigenvalue weighted by Crippen LogP contribution is -2.08. The van der Waals surface area contributed by atoms with Gasteiger partial charge in [0.1, 0.15) is 0 Å². The normalized spacial score (nSPS) is 10.6. The predicted octanol–water partition coefficient (Wildman–Crippen LogP) is 3.69. The van der Waals surface area contributed by atoms with Gasteiger partial charge in [-0.15, -0.1) is 5.10 Å². The molecule has 0 atom stereocenters. The lowest BCUT2D eigenvalue weighted by molar-refractivity contribution is 0.768. The van der Waals surface area contributed by atoms with Crippen LogP contribution in [0.2, 0.25) is 5.02 Å². The first kappa shape index (κ1) is 14.0. The predicted molar refractivity (Wildman–Crippen MR) is 85.6 cm³/mol. The number of nitrogens with zero attached hydrogens (tertiary/aromatic N) is 4. The van der Waals surface area contributed by atoms with Crippen molar-refractivity contribution in [3.63, 3.8) is 0 Å². The Kier molecular flexibility index (Phi) is 4.17. The summed E-state index contributed by atoms with van der Waals surface area (Å²) in [6.07, 6.45) is 0. The van der Waals surface area contributed by atoms with Gasteiger partial charge in [-0.05, 0) is 50.6 Å². The minimum Gasteiger partial charge on any atom is -0.377 e. The molecule has 0 fully saturated rings. The van der Waals surface area contributed by atoms with Crippen LogP contribution < -0.4 is 5.32 Å². The average Bonchev–Trinajstić information content (AvgIpc) is 2.98. The molecule has 21 heavy (non-hydrogen) atoms. The molecule has 0 unspecified atom stereocenters. The van der Waals surface area contributed by atoms with Crippen LogP contribution in [0.4, 0.5) is 5.69 Å². The number of halogens is 2. The highest BCUT2D eigenvalue weighted by molar-refractivity contribution is 9.10. The molecule has 0 bridgehead atoms. The lowest BCUT2D eigenvalue weighted by atomic mass is 10.3. The summed E-state index contributed by atoms with van der Waals surface area (Å²) in [7, 11) is 0. The zero-order valence-corrected chi connectivity index (χ0v) is 13.2. The van der Waals surface area contributed by atoms with Gasteiger partial charge < -0.3 is 5.32 Å². The number of para-hydroxylation sites is 1. The summed E-state index contributed by atoms with van der Waals surface area (Å²) in [5, 5.41) is 15.7. The van der Waals surface area contributed by atoms with Crippen LogP contribution in [-0.4, -0.2) is 20.2 Å². The Hall–Kier alpha value is -1.92. The minimum absolute atomic E-state index is 0.487. The quantitative estimate of drug-likeness (QED) is 0.767. The van der Waals surface area contributed by atoms with Gasteiger partial charge in [0.25, 0.3) is 0 Å². The van der Waals surface area contributed by atoms with E-state index < -0.39 is 0 Å². The first-order valence-corrected chi connectivity index (χ1v) is 7.43. The molecular formula is C14H11BrClN5. The van der Waals surface area contributed by atoms with E-state index in [0.29, 0.717) is 17.4 Å². The van der Waals surface area contributed by atoms with Gasteiger partial charge in [0.2, 0.25) is 0 Å². The van der Waals surface area contributed by atoms with Crippen molar-refractivity contribution >= 4 is 33.2 Å². The standard InChI is InChI=1S/C14H11BrClN5/c15-14-11(16)7-4-8-12(14)17-9-13-18-19-20-21(13)10-5-2-1-3-6-10/h1-8,17H,9H2. The van der Waals surface area contributed by atoms with Crippen molar-refractivity contribution in [3.05, 3.63) is 63.9 Å². The van der Waals surface area contributed by atoms with Gasteiger partial charge in [-0.25, -0.2) is 0 Å². The van der Waals surface area contributed by atoms with Gasteiger partial charge in [-0.3, -0.25) is 0 Å². The Morgan fingerprint density at radius 1 is 1.10 bits per heavy atom. The molecule has 0 saturated heterocycles. The number of hydrogen-bond donors (Lipinski definition) is 1. The summed E-state index contributed by atoms with van der Waals surface area (Å²) in [6.45, 7) is 0.487. The average molecular weight is 365 g/mol. The summed E-state index contributed by atoms with van der Waals surface area (Å²) >= 11 is 9.52. The van der Waals surface area contributed by atoms with E-state index >= 15 is 0 Å². The zero-order valence-electron chi connectivity index (χ0n) is 10.9. The van der Waals surface area contributed by atoms with E-state index in [1.807, 2.05) is 48.5 Å². The van der Waals surface area contributed by atoms with E-state index in [1.54, 1.807) is 4.68 Å². The van der Waals surface area contributed by atoms with Crippen LogP contribution in [0.3, 0.4) is 0 Å². The molecule has 0 spiro atoms. The van der Waals surface area contributed by atoms with Crippen LogP contribution in [0.25, 0.3) is 5.69 Å². The number of aromatic nitrogens is 4. The number of rotatable bonds is 4. The van der Waals surface area contributed by atoms with Crippen LogP contribution in [0, 0.1) is 0 Å². The largest absolute Gasteiger partial charge is 0.377 e. The number of benzene rings is 2. The summed E-state index contributed by atoms with van der Waals surface area (Å²) in [5.41, 5.74) is 1.81. The summed E-state index contributed by atoms with van der Waals surface area (Å²) < 4.78 is 2.52. The molecule has 5 nitrogen and oxygen atoms in total. The molecule has 1 aromatic heterocycles. The van der Waals surface area contributed by atoms with E-state index in [2.05, 4.69) is 36.8 Å². The number of anilines is 1. The third kappa shape index (κ3) is 3.06. The zero-order chi connectivity index (χ0) is 14.7. The third-order valence-electron chi connectivity index (χ3n) is 2.92. The molecule has 1 heterocycles. The van der Waals surface area contributed by atoms with E-state index in [0.717, 1.165) is 15.8 Å². The Morgan fingerprint density at radius 3 is 2.71 bits per heavy atom. The second kappa shape index (κ2) is 6.24. The Labute approximate surface area is 135 Å². The Morgan fingerprint density at radius 2 is 1.90 bits per heavy atom. The number of tetrazole rings is 1. The van der Waals surface area contributed by atoms with Crippen LogP contribution in [-0.2, 0) is 6.54 Å². The second-order valence-corrected chi connectivity index (χ2v) is 5.50. The fraction of sp³-hybridized carbons (Fsp3) is 0.0714. The van der Waals surface area contributed by atoms with E-state index in [-0.39, 0.29) is 0 Å². The van der Waals surface area contributed by atoms with E-state index in [9.17, 15) is 0 Å². The van der Waals surface area contributed by atoms with Crippen molar-refractivity contribution in [2.75, 3.05) is 5.32 Å². The SMILES string of the molecule is Clc1cccc(NCc2nnnn2-c2ccccc2)c1Br. The molecule has 2 aromatic carbocycles. The van der Waals surface area contributed by atoms with Gasteiger partial charge >= 0.3 is 0 Å². The van der Waals surface area contributed by atoms with Gasteiger partial charge in [-0.1, -0.05) is 35.9 Å². The van der Waals surface area contributed by atoms with Gasteiger partial charge in [-0.2, -0.15) is 4.68 Å².